The van der Waals surface area contributed by atoms with Crippen molar-refractivity contribution in [3.63, 3.8) is 0 Å². The number of nitrogens with one attached hydrogen (secondary N) is 1. The summed E-state index contributed by atoms with van der Waals surface area (Å²) in [4.78, 5) is 4.03. The molecule has 0 aliphatic heterocycles. The van der Waals surface area contributed by atoms with Gasteiger partial charge in [-0.15, -0.1) is 0 Å². The first-order valence-corrected chi connectivity index (χ1v) is 7.06. The van der Waals surface area contributed by atoms with Gasteiger partial charge in [-0.1, -0.05) is 6.92 Å². The van der Waals surface area contributed by atoms with Gasteiger partial charge in [-0.2, -0.15) is 4.31 Å². The summed E-state index contributed by atoms with van der Waals surface area (Å²) in [7, 11) is -1.86. The largest absolute Gasteiger partial charge is 0.388 e. The van der Waals surface area contributed by atoms with Crippen LogP contribution in [0.25, 0.3) is 0 Å². The standard InChI is InChI=1S/C10H19N5O2S/c1-4-15(6-5-9(11)12)18(16,17)10-7-14(3)8(2)13-10/h7H,4-6H2,1-3H3,(H3,11,12). The second kappa shape index (κ2) is 5.49. The van der Waals surface area contributed by atoms with E-state index in [1.54, 1.807) is 25.5 Å². The first kappa shape index (κ1) is 14.7. The quantitative estimate of drug-likeness (QED) is 0.565. The molecule has 0 amide bonds. The van der Waals surface area contributed by atoms with Crippen LogP contribution in [0, 0.1) is 12.3 Å². The summed E-state index contributed by atoms with van der Waals surface area (Å²) in [6.45, 7) is 4.01. The Hall–Kier alpha value is -1.41. The molecule has 18 heavy (non-hydrogen) atoms. The average Bonchev–Trinajstić information content (AvgIpc) is 2.60. The molecule has 0 aromatic carbocycles. The lowest BCUT2D eigenvalue weighted by molar-refractivity contribution is 0.434. The van der Waals surface area contributed by atoms with Crippen LogP contribution in [0.15, 0.2) is 11.2 Å². The van der Waals surface area contributed by atoms with Crippen molar-refractivity contribution in [2.75, 3.05) is 13.1 Å². The van der Waals surface area contributed by atoms with E-state index in [1.165, 1.54) is 10.5 Å². The summed E-state index contributed by atoms with van der Waals surface area (Å²) in [5.41, 5.74) is 5.25. The van der Waals surface area contributed by atoms with Crippen LogP contribution in [-0.2, 0) is 17.1 Å². The molecule has 1 rings (SSSR count). The van der Waals surface area contributed by atoms with Crippen molar-refractivity contribution >= 4 is 15.9 Å². The number of hydrogen-bond acceptors (Lipinski definition) is 4. The van der Waals surface area contributed by atoms with Crippen LogP contribution in [0.5, 0.6) is 0 Å². The minimum absolute atomic E-state index is 0.0270. The third-order valence-corrected chi connectivity index (χ3v) is 4.52. The van der Waals surface area contributed by atoms with Gasteiger partial charge in [0.1, 0.15) is 5.82 Å². The van der Waals surface area contributed by atoms with Crippen molar-refractivity contribution in [1.29, 1.82) is 5.41 Å². The second-order valence-corrected chi connectivity index (χ2v) is 5.89. The predicted octanol–water partition coefficient (Wildman–Crippen LogP) is 0.0652. The van der Waals surface area contributed by atoms with Crippen molar-refractivity contribution < 1.29 is 8.42 Å². The van der Waals surface area contributed by atoms with Crippen LogP contribution in [0.2, 0.25) is 0 Å². The Morgan fingerprint density at radius 1 is 1.61 bits per heavy atom. The molecule has 1 aromatic heterocycles. The summed E-state index contributed by atoms with van der Waals surface area (Å²) in [5, 5.41) is 7.18. The lowest BCUT2D eigenvalue weighted by atomic mass is 10.4. The van der Waals surface area contributed by atoms with E-state index in [0.717, 1.165) is 0 Å². The maximum Gasteiger partial charge on any atom is 0.262 e. The topological polar surface area (TPSA) is 105 Å². The molecule has 7 nitrogen and oxygen atoms in total. The van der Waals surface area contributed by atoms with E-state index in [2.05, 4.69) is 4.98 Å². The number of aromatic nitrogens is 2. The molecule has 0 fully saturated rings. The highest BCUT2D eigenvalue weighted by Crippen LogP contribution is 2.14. The van der Waals surface area contributed by atoms with E-state index in [9.17, 15) is 8.42 Å². The van der Waals surface area contributed by atoms with Gasteiger partial charge < -0.3 is 10.3 Å². The molecule has 1 heterocycles. The van der Waals surface area contributed by atoms with Crippen molar-refractivity contribution in [2.24, 2.45) is 12.8 Å². The molecule has 102 valence electrons. The van der Waals surface area contributed by atoms with E-state index in [4.69, 9.17) is 11.1 Å². The van der Waals surface area contributed by atoms with Gasteiger partial charge in [0, 0.05) is 32.8 Å². The Bertz CT molecular complexity index is 515. The van der Waals surface area contributed by atoms with E-state index >= 15 is 0 Å². The fourth-order valence-corrected chi connectivity index (χ4v) is 2.95. The number of sulfonamides is 1. The van der Waals surface area contributed by atoms with Crippen LogP contribution >= 0.6 is 0 Å². The number of rotatable bonds is 6. The minimum Gasteiger partial charge on any atom is -0.388 e. The van der Waals surface area contributed by atoms with Crippen molar-refractivity contribution in [2.45, 2.75) is 25.3 Å². The van der Waals surface area contributed by atoms with Crippen molar-refractivity contribution in [3.8, 4) is 0 Å². The summed E-state index contributed by atoms with van der Waals surface area (Å²) < 4.78 is 27.5. The lowest BCUT2D eigenvalue weighted by Crippen LogP contribution is -2.34. The average molecular weight is 273 g/mol. The molecule has 8 heteroatoms. The van der Waals surface area contributed by atoms with E-state index in [0.29, 0.717) is 12.4 Å². The third kappa shape index (κ3) is 3.08. The second-order valence-electron chi connectivity index (χ2n) is 4.01. The van der Waals surface area contributed by atoms with E-state index in [-0.39, 0.29) is 23.8 Å². The summed E-state index contributed by atoms with van der Waals surface area (Å²) in [5.74, 6) is 0.608. The molecule has 0 saturated heterocycles. The number of nitrogens with two attached hydrogens (primary N) is 1. The molecular weight excluding hydrogens is 254 g/mol. The first-order valence-electron chi connectivity index (χ1n) is 5.62. The van der Waals surface area contributed by atoms with Gasteiger partial charge in [0.05, 0.1) is 5.84 Å². The summed E-state index contributed by atoms with van der Waals surface area (Å²) >= 11 is 0. The molecule has 0 unspecified atom stereocenters. The van der Waals surface area contributed by atoms with Gasteiger partial charge in [-0.05, 0) is 6.92 Å². The maximum atomic E-state index is 12.3. The normalized spacial score (nSPS) is 12.0. The summed E-state index contributed by atoms with van der Waals surface area (Å²) in [6, 6.07) is 0. The fraction of sp³-hybridized carbons (Fsp3) is 0.600. The monoisotopic (exact) mass is 273 g/mol. The smallest absolute Gasteiger partial charge is 0.262 e. The highest BCUT2D eigenvalue weighted by atomic mass is 32.2. The number of aryl methyl sites for hydroxylation is 2. The molecule has 0 saturated carbocycles. The Balaban J connectivity index is 2.99. The van der Waals surface area contributed by atoms with Crippen LogP contribution in [-0.4, -0.2) is 41.2 Å². The van der Waals surface area contributed by atoms with Gasteiger partial charge >= 0.3 is 0 Å². The first-order chi connectivity index (χ1) is 8.28. The zero-order valence-corrected chi connectivity index (χ0v) is 11.7. The molecule has 0 bridgehead atoms. The molecule has 0 spiro atoms. The maximum absolute atomic E-state index is 12.3. The number of hydrogen-bond donors (Lipinski definition) is 2. The van der Waals surface area contributed by atoms with Gasteiger partial charge in [-0.25, -0.2) is 13.4 Å². The zero-order valence-electron chi connectivity index (χ0n) is 10.8. The minimum atomic E-state index is -3.60. The summed E-state index contributed by atoms with van der Waals surface area (Å²) in [6.07, 6.45) is 1.71. The number of imidazole rings is 1. The van der Waals surface area contributed by atoms with Crippen LogP contribution in [0.3, 0.4) is 0 Å². The van der Waals surface area contributed by atoms with Crippen molar-refractivity contribution in [3.05, 3.63) is 12.0 Å². The van der Waals surface area contributed by atoms with Gasteiger partial charge in [0.15, 0.2) is 5.03 Å². The van der Waals surface area contributed by atoms with Gasteiger partial charge in [0.25, 0.3) is 10.0 Å². The molecule has 0 aliphatic carbocycles. The SMILES string of the molecule is CCN(CCC(=N)N)S(=O)(=O)c1cn(C)c(C)n1. The Morgan fingerprint density at radius 2 is 2.22 bits per heavy atom. The third-order valence-electron chi connectivity index (χ3n) is 2.67. The predicted molar refractivity (Wildman–Crippen MR) is 68.9 cm³/mol. The van der Waals surface area contributed by atoms with E-state index in [1.807, 2.05) is 0 Å². The van der Waals surface area contributed by atoms with Gasteiger partial charge in [-0.3, -0.25) is 5.41 Å². The molecule has 3 N–H and O–H groups in total. The van der Waals surface area contributed by atoms with Crippen LogP contribution in [0.4, 0.5) is 0 Å². The highest BCUT2D eigenvalue weighted by Gasteiger charge is 2.25. The van der Waals surface area contributed by atoms with E-state index < -0.39 is 10.0 Å². The lowest BCUT2D eigenvalue weighted by Gasteiger charge is -2.18. The van der Waals surface area contributed by atoms with Crippen LogP contribution < -0.4 is 5.73 Å². The molecule has 0 aliphatic rings. The number of nitrogens with zero attached hydrogens (tertiary/aromatic N) is 3. The van der Waals surface area contributed by atoms with Gasteiger partial charge in [0.2, 0.25) is 0 Å². The zero-order chi connectivity index (χ0) is 13.9. The highest BCUT2D eigenvalue weighted by molar-refractivity contribution is 7.89. The number of amidine groups is 1. The molecule has 0 atom stereocenters. The van der Waals surface area contributed by atoms with Crippen LogP contribution in [0.1, 0.15) is 19.2 Å². The Kier molecular flexibility index (Phi) is 4.47. The Labute approximate surface area is 107 Å². The molecule has 1 aromatic rings. The Morgan fingerprint density at radius 3 is 2.61 bits per heavy atom. The molecule has 0 radical (unpaired) electrons. The molecular formula is C10H19N5O2S. The fourth-order valence-electron chi connectivity index (χ4n) is 1.48. The van der Waals surface area contributed by atoms with Crippen molar-refractivity contribution in [1.82, 2.24) is 13.9 Å².